The van der Waals surface area contributed by atoms with E-state index in [0.29, 0.717) is 12.3 Å². The van der Waals surface area contributed by atoms with E-state index in [9.17, 15) is 9.90 Å². The van der Waals surface area contributed by atoms with Gasteiger partial charge in [0.2, 0.25) is 0 Å². The van der Waals surface area contributed by atoms with Crippen molar-refractivity contribution in [2.45, 2.75) is 25.7 Å². The minimum absolute atomic E-state index is 0.0499. The number of carbonyl (C=O) groups is 1. The van der Waals surface area contributed by atoms with Crippen molar-refractivity contribution in [3.63, 3.8) is 0 Å². The summed E-state index contributed by atoms with van der Waals surface area (Å²) in [6.07, 6.45) is 5.65. The number of hydrogen-bond acceptors (Lipinski definition) is 6. The van der Waals surface area contributed by atoms with Crippen molar-refractivity contribution in [1.82, 2.24) is 25.5 Å². The minimum atomic E-state index is -0.181. The fourth-order valence-corrected chi connectivity index (χ4v) is 2.98. The molecule has 1 fully saturated rings. The average Bonchev–Trinajstić information content (AvgIpc) is 3.31. The third kappa shape index (κ3) is 3.88. The molecule has 0 unspecified atom stereocenters. The normalized spacial score (nSPS) is 16.0. The number of ether oxygens (including phenoxy) is 1. The van der Waals surface area contributed by atoms with Crippen molar-refractivity contribution in [2.75, 3.05) is 19.8 Å². The fraction of sp³-hybridized carbons (Fsp3) is 0.500. The number of carbonyl (C=O) groups excluding carboxylic acids is 1. The van der Waals surface area contributed by atoms with Crippen LogP contribution in [0, 0.1) is 5.41 Å². The van der Waals surface area contributed by atoms with E-state index in [1.54, 1.807) is 12.1 Å². The summed E-state index contributed by atoms with van der Waals surface area (Å²) in [5.74, 6) is 0.416. The van der Waals surface area contributed by atoms with Crippen LogP contribution < -0.4 is 10.1 Å². The zero-order valence-corrected chi connectivity index (χ0v) is 13.4. The van der Waals surface area contributed by atoms with Gasteiger partial charge >= 0.3 is 0 Å². The van der Waals surface area contributed by atoms with Crippen LogP contribution in [0.25, 0.3) is 5.69 Å². The van der Waals surface area contributed by atoms with Crippen LogP contribution in [0.2, 0.25) is 0 Å². The van der Waals surface area contributed by atoms with Crippen LogP contribution in [0.3, 0.4) is 0 Å². The van der Waals surface area contributed by atoms with Gasteiger partial charge in [-0.25, -0.2) is 4.68 Å². The van der Waals surface area contributed by atoms with Gasteiger partial charge in [-0.2, -0.15) is 0 Å². The molecule has 1 amide bonds. The second-order valence-electron chi connectivity index (χ2n) is 6.18. The molecule has 2 N–H and O–H groups in total. The maximum absolute atomic E-state index is 11.9. The standard InChI is InChI=1S/C16H21N5O3/c22-11-16(7-1-2-8-16)10-17-15(23)9-24-14-5-3-13(4-6-14)21-12-18-19-20-21/h3-6,12,22H,1-2,7-11H2,(H,17,23). The predicted octanol–water partition coefficient (Wildman–Crippen LogP) is 0.710. The third-order valence-electron chi connectivity index (χ3n) is 4.48. The van der Waals surface area contributed by atoms with E-state index in [1.807, 2.05) is 12.1 Å². The van der Waals surface area contributed by atoms with Gasteiger partial charge < -0.3 is 15.2 Å². The topological polar surface area (TPSA) is 102 Å². The zero-order valence-electron chi connectivity index (χ0n) is 13.4. The monoisotopic (exact) mass is 331 g/mol. The molecular weight excluding hydrogens is 310 g/mol. The first-order valence-electron chi connectivity index (χ1n) is 8.05. The lowest BCUT2D eigenvalue weighted by Gasteiger charge is -2.26. The summed E-state index contributed by atoms with van der Waals surface area (Å²) in [5.41, 5.74) is 0.659. The lowest BCUT2D eigenvalue weighted by Crippen LogP contribution is -2.40. The van der Waals surface area contributed by atoms with E-state index >= 15 is 0 Å². The van der Waals surface area contributed by atoms with Gasteiger partial charge in [-0.1, -0.05) is 12.8 Å². The Morgan fingerprint density at radius 2 is 2.04 bits per heavy atom. The molecule has 3 rings (SSSR count). The number of rotatable bonds is 7. The summed E-state index contributed by atoms with van der Waals surface area (Å²) in [6, 6.07) is 7.14. The Labute approximate surface area is 139 Å². The molecule has 0 atom stereocenters. The molecule has 0 saturated heterocycles. The summed E-state index contributed by atoms with van der Waals surface area (Å²) in [6.45, 7) is 0.572. The van der Waals surface area contributed by atoms with Crippen molar-refractivity contribution < 1.29 is 14.6 Å². The molecule has 0 bridgehead atoms. The molecule has 1 saturated carbocycles. The van der Waals surface area contributed by atoms with Crippen LogP contribution in [-0.2, 0) is 4.79 Å². The largest absolute Gasteiger partial charge is 0.484 e. The van der Waals surface area contributed by atoms with Crippen molar-refractivity contribution in [3.8, 4) is 11.4 Å². The molecule has 1 aromatic heterocycles. The van der Waals surface area contributed by atoms with Crippen LogP contribution in [-0.4, -0.2) is 51.0 Å². The molecule has 2 aromatic rings. The van der Waals surface area contributed by atoms with Crippen LogP contribution in [0.15, 0.2) is 30.6 Å². The number of hydrogen-bond donors (Lipinski definition) is 2. The number of aliphatic hydroxyl groups is 1. The van der Waals surface area contributed by atoms with Gasteiger partial charge in [0.15, 0.2) is 6.61 Å². The number of nitrogens with one attached hydrogen (secondary N) is 1. The van der Waals surface area contributed by atoms with Gasteiger partial charge in [-0.3, -0.25) is 4.79 Å². The highest BCUT2D eigenvalue weighted by Gasteiger charge is 2.33. The number of tetrazole rings is 1. The van der Waals surface area contributed by atoms with Crippen molar-refractivity contribution in [3.05, 3.63) is 30.6 Å². The number of benzene rings is 1. The van der Waals surface area contributed by atoms with Gasteiger partial charge in [-0.05, 0) is 47.5 Å². The van der Waals surface area contributed by atoms with Crippen molar-refractivity contribution in [1.29, 1.82) is 0 Å². The summed E-state index contributed by atoms with van der Waals surface area (Å²) in [5, 5.41) is 23.4. The van der Waals surface area contributed by atoms with E-state index in [0.717, 1.165) is 31.4 Å². The molecule has 128 valence electrons. The Morgan fingerprint density at radius 3 is 2.67 bits per heavy atom. The molecule has 1 aromatic carbocycles. The van der Waals surface area contributed by atoms with Crippen LogP contribution >= 0.6 is 0 Å². The molecule has 0 radical (unpaired) electrons. The first-order chi connectivity index (χ1) is 11.7. The molecule has 1 aliphatic rings. The minimum Gasteiger partial charge on any atom is -0.484 e. The zero-order chi connectivity index (χ0) is 16.8. The molecule has 0 aliphatic heterocycles. The van der Waals surface area contributed by atoms with Crippen LogP contribution in [0.1, 0.15) is 25.7 Å². The highest BCUT2D eigenvalue weighted by Crippen LogP contribution is 2.36. The van der Waals surface area contributed by atoms with Gasteiger partial charge in [0.1, 0.15) is 12.1 Å². The SMILES string of the molecule is O=C(COc1ccc(-n2cnnn2)cc1)NCC1(CO)CCCC1. The van der Waals surface area contributed by atoms with Crippen LogP contribution in [0.5, 0.6) is 5.75 Å². The Bertz CT molecular complexity index is 651. The summed E-state index contributed by atoms with van der Waals surface area (Å²) >= 11 is 0. The summed E-state index contributed by atoms with van der Waals surface area (Å²) in [7, 11) is 0. The Hall–Kier alpha value is -2.48. The highest BCUT2D eigenvalue weighted by molar-refractivity contribution is 5.77. The number of aromatic nitrogens is 4. The average molecular weight is 331 g/mol. The first kappa shape index (κ1) is 16.4. The van der Waals surface area contributed by atoms with Gasteiger partial charge in [0.25, 0.3) is 5.91 Å². The lowest BCUT2D eigenvalue weighted by atomic mass is 9.87. The Kier molecular flexibility index (Phi) is 5.05. The molecular formula is C16H21N5O3. The van der Waals surface area contributed by atoms with E-state index in [1.165, 1.54) is 11.0 Å². The second-order valence-corrected chi connectivity index (χ2v) is 6.18. The van der Waals surface area contributed by atoms with Crippen molar-refractivity contribution in [2.24, 2.45) is 5.41 Å². The third-order valence-corrected chi connectivity index (χ3v) is 4.48. The molecule has 0 spiro atoms. The van der Waals surface area contributed by atoms with Gasteiger partial charge in [0, 0.05) is 12.0 Å². The summed E-state index contributed by atoms with van der Waals surface area (Å²) < 4.78 is 7.02. The summed E-state index contributed by atoms with van der Waals surface area (Å²) in [4.78, 5) is 11.9. The molecule has 1 aliphatic carbocycles. The highest BCUT2D eigenvalue weighted by atomic mass is 16.5. The van der Waals surface area contributed by atoms with Gasteiger partial charge in [-0.15, -0.1) is 5.10 Å². The number of aliphatic hydroxyl groups excluding tert-OH is 1. The lowest BCUT2D eigenvalue weighted by molar-refractivity contribution is -0.123. The molecule has 1 heterocycles. The Balaban J connectivity index is 1.46. The second kappa shape index (κ2) is 7.39. The Morgan fingerprint density at radius 1 is 1.29 bits per heavy atom. The van der Waals surface area contributed by atoms with E-state index < -0.39 is 0 Å². The maximum Gasteiger partial charge on any atom is 0.257 e. The smallest absolute Gasteiger partial charge is 0.257 e. The van der Waals surface area contributed by atoms with E-state index in [4.69, 9.17) is 4.74 Å². The predicted molar refractivity (Wildman–Crippen MR) is 85.6 cm³/mol. The van der Waals surface area contributed by atoms with Crippen LogP contribution in [0.4, 0.5) is 0 Å². The number of nitrogens with zero attached hydrogens (tertiary/aromatic N) is 4. The van der Waals surface area contributed by atoms with Crippen molar-refractivity contribution >= 4 is 5.91 Å². The quantitative estimate of drug-likeness (QED) is 0.775. The first-order valence-corrected chi connectivity index (χ1v) is 8.05. The fourth-order valence-electron chi connectivity index (χ4n) is 2.98. The maximum atomic E-state index is 11.9. The van der Waals surface area contributed by atoms with E-state index in [2.05, 4.69) is 20.8 Å². The van der Waals surface area contributed by atoms with E-state index in [-0.39, 0.29) is 24.5 Å². The molecule has 8 nitrogen and oxygen atoms in total. The molecule has 8 heteroatoms. The number of amides is 1. The van der Waals surface area contributed by atoms with Gasteiger partial charge in [0.05, 0.1) is 12.3 Å². The molecule has 24 heavy (non-hydrogen) atoms.